The van der Waals surface area contributed by atoms with Crippen molar-refractivity contribution < 1.29 is 19.2 Å². The lowest BCUT2D eigenvalue weighted by molar-refractivity contribution is -0.133. The number of ketones is 1. The van der Waals surface area contributed by atoms with Crippen LogP contribution in [0.25, 0.3) is 11.5 Å². The maximum absolute atomic E-state index is 12.6. The highest BCUT2D eigenvalue weighted by Gasteiger charge is 2.30. The number of Topliss-reactive ketones (excluding diaryl/α,β-unsaturated/α-hetero) is 1. The zero-order valence-corrected chi connectivity index (χ0v) is 13.8. The summed E-state index contributed by atoms with van der Waals surface area (Å²) in [4.78, 5) is 29.1. The fraction of sp³-hybridized carbons (Fsp3) is 0.412. The van der Waals surface area contributed by atoms with Crippen LogP contribution in [0.5, 0.6) is 0 Å². The van der Waals surface area contributed by atoms with Gasteiger partial charge in [0, 0.05) is 28.4 Å². The summed E-state index contributed by atoms with van der Waals surface area (Å²) in [5, 5.41) is 15.1. The summed E-state index contributed by atoms with van der Waals surface area (Å²) in [6.07, 6.45) is 4.13. The largest absolute Gasteiger partial charge is 0.478 e. The lowest BCUT2D eigenvalue weighted by Gasteiger charge is -2.03. The maximum Gasteiger partial charge on any atom is 0.331 e. The maximum atomic E-state index is 12.6. The van der Waals surface area contributed by atoms with E-state index in [1.807, 2.05) is 11.4 Å². The number of hydrogen-bond donors (Lipinski definition) is 1. The monoisotopic (exact) mass is 344 g/mol. The molecule has 7 heteroatoms. The van der Waals surface area contributed by atoms with Crippen molar-refractivity contribution in [3.8, 4) is 11.5 Å². The SMILES string of the molecule is O=C(O)C1=C(C(=O)Cc2sccc2-c2nc(C3CC3)no2)CCC1. The molecule has 1 saturated carbocycles. The van der Waals surface area contributed by atoms with Crippen LogP contribution >= 0.6 is 11.3 Å². The predicted octanol–water partition coefficient (Wildman–Crippen LogP) is 3.35. The Kier molecular flexibility index (Phi) is 3.80. The first kappa shape index (κ1) is 15.3. The second kappa shape index (κ2) is 5.98. The molecular weight excluding hydrogens is 328 g/mol. The van der Waals surface area contributed by atoms with Gasteiger partial charge in [-0.05, 0) is 43.6 Å². The topological polar surface area (TPSA) is 93.3 Å². The van der Waals surface area contributed by atoms with E-state index in [1.165, 1.54) is 11.3 Å². The number of rotatable bonds is 6. The molecule has 6 nitrogen and oxygen atoms in total. The Labute approximate surface area is 142 Å². The van der Waals surface area contributed by atoms with Gasteiger partial charge in [-0.15, -0.1) is 11.3 Å². The van der Waals surface area contributed by atoms with E-state index in [1.54, 1.807) is 0 Å². The summed E-state index contributed by atoms with van der Waals surface area (Å²) in [6.45, 7) is 0. The van der Waals surface area contributed by atoms with Crippen molar-refractivity contribution in [2.24, 2.45) is 0 Å². The standard InChI is InChI=1S/C17H16N2O4S/c20-13(10-2-1-3-11(10)17(21)22)8-14-12(6-7-24-14)16-18-15(19-23-16)9-4-5-9/h6-7,9H,1-5,8H2,(H,21,22). The van der Waals surface area contributed by atoms with E-state index in [2.05, 4.69) is 10.1 Å². The Morgan fingerprint density at radius 2 is 2.08 bits per heavy atom. The van der Waals surface area contributed by atoms with Crippen LogP contribution in [-0.4, -0.2) is 27.0 Å². The predicted molar refractivity (Wildman–Crippen MR) is 86.8 cm³/mol. The number of carbonyl (C=O) groups excluding carboxylic acids is 1. The minimum Gasteiger partial charge on any atom is -0.478 e. The quantitative estimate of drug-likeness (QED) is 0.864. The number of carboxylic acid groups (broad SMARTS) is 1. The molecule has 2 aromatic rings. The van der Waals surface area contributed by atoms with E-state index in [-0.39, 0.29) is 17.8 Å². The molecule has 1 N–H and O–H groups in total. The highest BCUT2D eigenvalue weighted by atomic mass is 32.1. The van der Waals surface area contributed by atoms with Crippen LogP contribution in [0.3, 0.4) is 0 Å². The molecule has 2 aromatic heterocycles. The average Bonchev–Trinajstić information content (AvgIpc) is 2.98. The highest BCUT2D eigenvalue weighted by Crippen LogP contribution is 2.39. The molecule has 0 bridgehead atoms. The molecule has 0 amide bonds. The molecule has 0 saturated heterocycles. The van der Waals surface area contributed by atoms with Crippen LogP contribution in [0.2, 0.25) is 0 Å². The van der Waals surface area contributed by atoms with E-state index in [0.29, 0.717) is 30.2 Å². The normalized spacial score (nSPS) is 17.5. The molecule has 1 fully saturated rings. The highest BCUT2D eigenvalue weighted by molar-refractivity contribution is 7.10. The third-order valence-corrected chi connectivity index (χ3v) is 5.41. The van der Waals surface area contributed by atoms with E-state index >= 15 is 0 Å². The molecule has 2 heterocycles. The summed E-state index contributed by atoms with van der Waals surface area (Å²) in [5.41, 5.74) is 1.51. The van der Waals surface area contributed by atoms with Crippen LogP contribution in [0.1, 0.15) is 48.7 Å². The number of hydrogen-bond acceptors (Lipinski definition) is 6. The first-order valence-corrected chi connectivity index (χ1v) is 8.90. The fourth-order valence-corrected chi connectivity index (χ4v) is 3.92. The molecule has 24 heavy (non-hydrogen) atoms. The van der Waals surface area contributed by atoms with Gasteiger partial charge < -0.3 is 9.63 Å². The zero-order valence-electron chi connectivity index (χ0n) is 12.9. The second-order valence-corrected chi connectivity index (χ2v) is 7.21. The summed E-state index contributed by atoms with van der Waals surface area (Å²) >= 11 is 1.46. The van der Waals surface area contributed by atoms with Crippen molar-refractivity contribution in [1.29, 1.82) is 0 Å². The molecule has 2 aliphatic rings. The molecular formula is C17H16N2O4S. The zero-order chi connectivity index (χ0) is 16.7. The number of carboxylic acids is 1. The molecule has 124 valence electrons. The van der Waals surface area contributed by atoms with Crippen LogP contribution < -0.4 is 0 Å². The Morgan fingerprint density at radius 1 is 1.29 bits per heavy atom. The summed E-state index contributed by atoms with van der Waals surface area (Å²) in [6, 6.07) is 1.87. The Morgan fingerprint density at radius 3 is 2.83 bits per heavy atom. The third-order valence-electron chi connectivity index (χ3n) is 4.49. The minimum atomic E-state index is -0.978. The third kappa shape index (κ3) is 2.80. The fourth-order valence-electron chi connectivity index (χ4n) is 3.06. The first-order chi connectivity index (χ1) is 11.6. The van der Waals surface area contributed by atoms with Crippen LogP contribution in [-0.2, 0) is 16.0 Å². The molecule has 0 aliphatic heterocycles. The van der Waals surface area contributed by atoms with Crippen molar-refractivity contribution in [1.82, 2.24) is 10.1 Å². The van der Waals surface area contributed by atoms with Crippen molar-refractivity contribution >= 4 is 23.1 Å². The molecule has 0 radical (unpaired) electrons. The van der Waals surface area contributed by atoms with E-state index in [0.717, 1.165) is 35.5 Å². The molecule has 0 atom stereocenters. The second-order valence-electron chi connectivity index (χ2n) is 6.21. The molecule has 0 spiro atoms. The van der Waals surface area contributed by atoms with Crippen molar-refractivity contribution in [3.05, 3.63) is 33.3 Å². The number of carbonyl (C=O) groups is 2. The van der Waals surface area contributed by atoms with Crippen molar-refractivity contribution in [3.63, 3.8) is 0 Å². The van der Waals surface area contributed by atoms with E-state index < -0.39 is 5.97 Å². The average molecular weight is 344 g/mol. The number of thiophene rings is 1. The van der Waals surface area contributed by atoms with Gasteiger partial charge in [-0.25, -0.2) is 4.79 Å². The van der Waals surface area contributed by atoms with E-state index in [9.17, 15) is 14.7 Å². The Hall–Kier alpha value is -2.28. The molecule has 2 aliphatic carbocycles. The Balaban J connectivity index is 1.57. The number of nitrogens with zero attached hydrogens (tertiary/aromatic N) is 2. The van der Waals surface area contributed by atoms with Crippen LogP contribution in [0.4, 0.5) is 0 Å². The van der Waals surface area contributed by atoms with Gasteiger partial charge in [0.2, 0.25) is 0 Å². The minimum absolute atomic E-state index is 0.115. The number of allylic oxidation sites excluding steroid dienone is 1. The summed E-state index contributed by atoms with van der Waals surface area (Å²) in [7, 11) is 0. The lowest BCUT2D eigenvalue weighted by Crippen LogP contribution is -2.10. The lowest BCUT2D eigenvalue weighted by atomic mass is 10.0. The number of aromatic nitrogens is 2. The van der Waals surface area contributed by atoms with Crippen molar-refractivity contribution in [2.45, 2.75) is 44.4 Å². The molecule has 0 aromatic carbocycles. The van der Waals surface area contributed by atoms with Gasteiger partial charge >= 0.3 is 5.97 Å². The number of aliphatic carboxylic acids is 1. The van der Waals surface area contributed by atoms with E-state index in [4.69, 9.17) is 4.52 Å². The van der Waals surface area contributed by atoms with Gasteiger partial charge in [-0.3, -0.25) is 4.79 Å². The summed E-state index contributed by atoms with van der Waals surface area (Å²) < 4.78 is 5.35. The van der Waals surface area contributed by atoms with Crippen LogP contribution in [0.15, 0.2) is 27.1 Å². The first-order valence-electron chi connectivity index (χ1n) is 8.02. The van der Waals surface area contributed by atoms with Gasteiger partial charge in [0.25, 0.3) is 5.89 Å². The van der Waals surface area contributed by atoms with Gasteiger partial charge in [-0.1, -0.05) is 5.16 Å². The summed E-state index contributed by atoms with van der Waals surface area (Å²) in [5.74, 6) is 0.497. The van der Waals surface area contributed by atoms with Crippen LogP contribution in [0, 0.1) is 0 Å². The molecule has 0 unspecified atom stereocenters. The van der Waals surface area contributed by atoms with Gasteiger partial charge in [0.15, 0.2) is 11.6 Å². The van der Waals surface area contributed by atoms with Gasteiger partial charge in [0.05, 0.1) is 5.56 Å². The van der Waals surface area contributed by atoms with Gasteiger partial charge in [-0.2, -0.15) is 4.98 Å². The molecule has 4 rings (SSSR count). The van der Waals surface area contributed by atoms with Gasteiger partial charge in [0.1, 0.15) is 0 Å². The van der Waals surface area contributed by atoms with Crippen molar-refractivity contribution in [2.75, 3.05) is 0 Å². The smallest absolute Gasteiger partial charge is 0.331 e. The Bertz CT molecular complexity index is 844.